The smallest absolute Gasteiger partial charge is 0.225 e. The van der Waals surface area contributed by atoms with Crippen molar-refractivity contribution in [1.82, 2.24) is 9.80 Å². The number of halogens is 1. The number of amides is 1. The normalized spacial score (nSPS) is 20.4. The first-order valence-corrected chi connectivity index (χ1v) is 7.89. The molecule has 1 aromatic rings. The van der Waals surface area contributed by atoms with E-state index < -0.39 is 0 Å². The largest absolute Gasteiger partial charge is 0.341 e. The Bertz CT molecular complexity index is 528. The molecule has 2 aliphatic rings. The summed E-state index contributed by atoms with van der Waals surface area (Å²) >= 11 is 0. The molecule has 0 unspecified atom stereocenters. The zero-order valence-electron chi connectivity index (χ0n) is 12.6. The van der Waals surface area contributed by atoms with Gasteiger partial charge in [-0.15, -0.1) is 0 Å². The molecule has 21 heavy (non-hydrogen) atoms. The summed E-state index contributed by atoms with van der Waals surface area (Å²) in [6, 6.07) is 5.00. The molecule has 1 aromatic carbocycles. The lowest BCUT2D eigenvalue weighted by Gasteiger charge is -2.22. The van der Waals surface area contributed by atoms with Crippen molar-refractivity contribution in [1.29, 1.82) is 0 Å². The molecule has 2 fully saturated rings. The molecule has 0 spiro atoms. The van der Waals surface area contributed by atoms with Crippen molar-refractivity contribution in [2.45, 2.75) is 32.7 Å². The molecule has 4 heteroatoms. The quantitative estimate of drug-likeness (QED) is 0.854. The van der Waals surface area contributed by atoms with Crippen LogP contribution in [0.5, 0.6) is 0 Å². The van der Waals surface area contributed by atoms with E-state index in [4.69, 9.17) is 0 Å². The van der Waals surface area contributed by atoms with E-state index in [0.29, 0.717) is 11.8 Å². The van der Waals surface area contributed by atoms with Crippen LogP contribution in [0.3, 0.4) is 0 Å². The van der Waals surface area contributed by atoms with Gasteiger partial charge in [-0.25, -0.2) is 4.39 Å². The van der Waals surface area contributed by atoms with Gasteiger partial charge in [0.15, 0.2) is 0 Å². The summed E-state index contributed by atoms with van der Waals surface area (Å²) in [6.07, 6.45) is 3.18. The highest BCUT2D eigenvalue weighted by Gasteiger charge is 2.33. The molecule has 0 bridgehead atoms. The number of nitrogens with zero attached hydrogens (tertiary/aromatic N) is 2. The minimum Gasteiger partial charge on any atom is -0.341 e. The van der Waals surface area contributed by atoms with Crippen LogP contribution in [0.2, 0.25) is 0 Å². The second kappa shape index (κ2) is 6.14. The molecule has 114 valence electrons. The van der Waals surface area contributed by atoms with Crippen LogP contribution >= 0.6 is 0 Å². The number of aryl methyl sites for hydroxylation is 1. The highest BCUT2D eigenvalue weighted by molar-refractivity contribution is 5.81. The minimum atomic E-state index is -0.173. The van der Waals surface area contributed by atoms with Gasteiger partial charge in [0, 0.05) is 38.6 Å². The summed E-state index contributed by atoms with van der Waals surface area (Å²) in [5.74, 6) is 0.499. The van der Waals surface area contributed by atoms with Crippen molar-refractivity contribution in [2.75, 3.05) is 26.2 Å². The van der Waals surface area contributed by atoms with Gasteiger partial charge in [-0.05, 0) is 49.4 Å². The second-order valence-electron chi connectivity index (χ2n) is 6.30. The Morgan fingerprint density at radius 3 is 2.76 bits per heavy atom. The SMILES string of the molecule is Cc1cc(F)ccc1CN1CCCN(C(=O)C2CC2)CC1. The van der Waals surface area contributed by atoms with E-state index in [0.717, 1.165) is 57.5 Å². The highest BCUT2D eigenvalue weighted by Crippen LogP contribution is 2.31. The van der Waals surface area contributed by atoms with Crippen molar-refractivity contribution in [3.63, 3.8) is 0 Å². The summed E-state index contributed by atoms with van der Waals surface area (Å²) < 4.78 is 13.2. The van der Waals surface area contributed by atoms with Crippen LogP contribution in [-0.2, 0) is 11.3 Å². The Morgan fingerprint density at radius 1 is 1.24 bits per heavy atom. The molecule has 0 radical (unpaired) electrons. The Hall–Kier alpha value is -1.42. The van der Waals surface area contributed by atoms with Crippen LogP contribution in [0.4, 0.5) is 4.39 Å². The number of rotatable bonds is 3. The van der Waals surface area contributed by atoms with Gasteiger partial charge in [0.05, 0.1) is 0 Å². The average molecular weight is 290 g/mol. The summed E-state index contributed by atoms with van der Waals surface area (Å²) in [7, 11) is 0. The lowest BCUT2D eigenvalue weighted by molar-refractivity contribution is -0.132. The molecule has 1 heterocycles. The van der Waals surface area contributed by atoms with Gasteiger partial charge in [-0.1, -0.05) is 6.07 Å². The van der Waals surface area contributed by atoms with Gasteiger partial charge < -0.3 is 4.90 Å². The summed E-state index contributed by atoms with van der Waals surface area (Å²) in [6.45, 7) is 6.43. The lowest BCUT2D eigenvalue weighted by atomic mass is 10.1. The van der Waals surface area contributed by atoms with Crippen LogP contribution < -0.4 is 0 Å². The molecule has 1 amide bonds. The Morgan fingerprint density at radius 2 is 2.05 bits per heavy atom. The maximum atomic E-state index is 13.2. The molecule has 0 aromatic heterocycles. The third-order valence-corrected chi connectivity index (χ3v) is 4.53. The van der Waals surface area contributed by atoms with E-state index in [2.05, 4.69) is 4.90 Å². The number of benzene rings is 1. The summed E-state index contributed by atoms with van der Waals surface area (Å²) in [5.41, 5.74) is 2.18. The Labute approximate surface area is 125 Å². The standard InChI is InChI=1S/C17H23FN2O/c1-13-11-16(18)6-5-15(13)12-19-7-2-8-20(10-9-19)17(21)14-3-4-14/h5-6,11,14H,2-4,7-10,12H2,1H3. The van der Waals surface area contributed by atoms with Crippen molar-refractivity contribution >= 4 is 5.91 Å². The van der Waals surface area contributed by atoms with Crippen molar-refractivity contribution < 1.29 is 9.18 Å². The molecule has 1 saturated carbocycles. The molecular formula is C17H23FN2O. The van der Waals surface area contributed by atoms with Gasteiger partial charge in [-0.3, -0.25) is 9.69 Å². The minimum absolute atomic E-state index is 0.173. The van der Waals surface area contributed by atoms with Crippen molar-refractivity contribution in [3.8, 4) is 0 Å². The zero-order valence-corrected chi connectivity index (χ0v) is 12.6. The maximum absolute atomic E-state index is 13.2. The molecule has 0 N–H and O–H groups in total. The van der Waals surface area contributed by atoms with Gasteiger partial charge in [0.25, 0.3) is 0 Å². The Balaban J connectivity index is 1.58. The monoisotopic (exact) mass is 290 g/mol. The predicted octanol–water partition coefficient (Wildman–Crippen LogP) is 2.58. The number of hydrogen-bond donors (Lipinski definition) is 0. The molecule has 1 aliphatic heterocycles. The average Bonchev–Trinajstić information content (AvgIpc) is 3.28. The second-order valence-corrected chi connectivity index (χ2v) is 6.30. The first-order valence-electron chi connectivity index (χ1n) is 7.89. The van der Waals surface area contributed by atoms with Crippen molar-refractivity contribution in [2.24, 2.45) is 5.92 Å². The molecule has 3 rings (SSSR count). The van der Waals surface area contributed by atoms with Crippen LogP contribution in [-0.4, -0.2) is 41.9 Å². The van der Waals surface area contributed by atoms with E-state index in [1.165, 1.54) is 11.6 Å². The zero-order chi connectivity index (χ0) is 14.8. The maximum Gasteiger partial charge on any atom is 0.225 e. The molecule has 1 aliphatic carbocycles. The molecule has 0 atom stereocenters. The molecule has 3 nitrogen and oxygen atoms in total. The van der Waals surface area contributed by atoms with E-state index in [1.54, 1.807) is 6.07 Å². The third kappa shape index (κ3) is 3.62. The van der Waals surface area contributed by atoms with Gasteiger partial charge in [0.2, 0.25) is 5.91 Å². The van der Waals surface area contributed by atoms with Crippen molar-refractivity contribution in [3.05, 3.63) is 35.1 Å². The third-order valence-electron chi connectivity index (χ3n) is 4.53. The van der Waals surface area contributed by atoms with Crippen LogP contribution in [0.15, 0.2) is 18.2 Å². The number of carbonyl (C=O) groups is 1. The van der Waals surface area contributed by atoms with E-state index >= 15 is 0 Å². The topological polar surface area (TPSA) is 23.6 Å². The summed E-state index contributed by atoms with van der Waals surface area (Å²) in [4.78, 5) is 16.5. The first-order chi connectivity index (χ1) is 10.1. The first kappa shape index (κ1) is 14.5. The Kier molecular flexibility index (Phi) is 4.24. The molecule has 1 saturated heterocycles. The number of hydrogen-bond acceptors (Lipinski definition) is 2. The molecular weight excluding hydrogens is 267 g/mol. The van der Waals surface area contributed by atoms with Crippen LogP contribution in [0, 0.1) is 18.7 Å². The van der Waals surface area contributed by atoms with E-state index in [-0.39, 0.29) is 5.82 Å². The lowest BCUT2D eigenvalue weighted by Crippen LogP contribution is -2.36. The van der Waals surface area contributed by atoms with Gasteiger partial charge >= 0.3 is 0 Å². The fourth-order valence-corrected chi connectivity index (χ4v) is 3.02. The van der Waals surface area contributed by atoms with Gasteiger partial charge in [-0.2, -0.15) is 0 Å². The van der Waals surface area contributed by atoms with E-state index in [1.807, 2.05) is 17.9 Å². The van der Waals surface area contributed by atoms with Crippen LogP contribution in [0.25, 0.3) is 0 Å². The predicted molar refractivity (Wildman–Crippen MR) is 80.3 cm³/mol. The van der Waals surface area contributed by atoms with E-state index in [9.17, 15) is 9.18 Å². The van der Waals surface area contributed by atoms with Gasteiger partial charge in [0.1, 0.15) is 5.82 Å². The fraction of sp³-hybridized carbons (Fsp3) is 0.588. The van der Waals surface area contributed by atoms with Crippen LogP contribution in [0.1, 0.15) is 30.4 Å². The highest BCUT2D eigenvalue weighted by atomic mass is 19.1. The number of carbonyl (C=O) groups excluding carboxylic acids is 1. The summed E-state index contributed by atoms with van der Waals surface area (Å²) in [5, 5.41) is 0. The fourth-order valence-electron chi connectivity index (χ4n) is 3.02.